The van der Waals surface area contributed by atoms with E-state index in [2.05, 4.69) is 5.16 Å². The quantitative estimate of drug-likeness (QED) is 0.483. The van der Waals surface area contributed by atoms with Crippen molar-refractivity contribution < 1.29 is 23.9 Å². The van der Waals surface area contributed by atoms with Gasteiger partial charge in [-0.25, -0.2) is 9.59 Å². The van der Waals surface area contributed by atoms with Crippen LogP contribution in [0.15, 0.2) is 35.5 Å². The summed E-state index contributed by atoms with van der Waals surface area (Å²) >= 11 is 0. The molecule has 0 N–H and O–H groups in total. The number of carbonyl (C=O) groups is 2. The van der Waals surface area contributed by atoms with E-state index >= 15 is 0 Å². The molecular weight excluding hydrogens is 286 g/mol. The summed E-state index contributed by atoms with van der Waals surface area (Å²) in [6, 6.07) is 9.24. The van der Waals surface area contributed by atoms with E-state index < -0.39 is 11.9 Å². The SMILES string of the molecule is COC(=O)c1cc2ccccc2c2c1OC/C2=N\OC(C)=O. The number of carbonyl (C=O) groups excluding carboxylic acids is 2. The van der Waals surface area contributed by atoms with Gasteiger partial charge in [-0.2, -0.15) is 0 Å². The van der Waals surface area contributed by atoms with E-state index in [1.807, 2.05) is 24.3 Å². The Morgan fingerprint density at radius 1 is 1.27 bits per heavy atom. The molecule has 0 radical (unpaired) electrons. The average molecular weight is 299 g/mol. The van der Waals surface area contributed by atoms with E-state index in [0.29, 0.717) is 22.6 Å². The lowest BCUT2D eigenvalue weighted by atomic mass is 9.98. The van der Waals surface area contributed by atoms with Gasteiger partial charge in [-0.05, 0) is 16.8 Å². The van der Waals surface area contributed by atoms with Crippen LogP contribution in [0.4, 0.5) is 0 Å². The molecule has 0 spiro atoms. The van der Waals surface area contributed by atoms with E-state index in [1.165, 1.54) is 14.0 Å². The van der Waals surface area contributed by atoms with Gasteiger partial charge in [0.1, 0.15) is 23.6 Å². The highest BCUT2D eigenvalue weighted by molar-refractivity contribution is 6.18. The number of benzene rings is 2. The van der Waals surface area contributed by atoms with E-state index in [0.717, 1.165) is 10.8 Å². The molecule has 0 bridgehead atoms. The fraction of sp³-hybridized carbons (Fsp3) is 0.188. The van der Waals surface area contributed by atoms with Crippen LogP contribution in [0.3, 0.4) is 0 Å². The Labute approximate surface area is 126 Å². The highest BCUT2D eigenvalue weighted by atomic mass is 16.7. The maximum absolute atomic E-state index is 12.0. The van der Waals surface area contributed by atoms with Crippen molar-refractivity contribution in [3.05, 3.63) is 41.5 Å². The molecule has 112 valence electrons. The van der Waals surface area contributed by atoms with Crippen molar-refractivity contribution in [2.24, 2.45) is 5.16 Å². The van der Waals surface area contributed by atoms with Gasteiger partial charge in [0.2, 0.25) is 0 Å². The molecule has 0 fully saturated rings. The first kappa shape index (κ1) is 14.1. The molecule has 0 unspecified atom stereocenters. The Morgan fingerprint density at radius 2 is 2.05 bits per heavy atom. The number of oxime groups is 1. The summed E-state index contributed by atoms with van der Waals surface area (Å²) in [6.45, 7) is 1.39. The lowest BCUT2D eigenvalue weighted by molar-refractivity contribution is -0.140. The molecular formula is C16H13NO5. The van der Waals surface area contributed by atoms with Crippen LogP contribution in [0.25, 0.3) is 10.8 Å². The van der Waals surface area contributed by atoms with Crippen LogP contribution in [0.2, 0.25) is 0 Å². The monoisotopic (exact) mass is 299 g/mol. The first-order valence-corrected chi connectivity index (χ1v) is 6.63. The minimum absolute atomic E-state index is 0.126. The van der Waals surface area contributed by atoms with E-state index in [-0.39, 0.29) is 6.61 Å². The molecule has 2 aromatic rings. The third-order valence-corrected chi connectivity index (χ3v) is 3.33. The maximum atomic E-state index is 12.0. The maximum Gasteiger partial charge on any atom is 0.341 e. The van der Waals surface area contributed by atoms with E-state index in [1.54, 1.807) is 6.07 Å². The molecule has 6 nitrogen and oxygen atoms in total. The molecule has 0 saturated heterocycles. The lowest BCUT2D eigenvalue weighted by Crippen LogP contribution is -2.05. The van der Waals surface area contributed by atoms with Gasteiger partial charge in [0, 0.05) is 6.92 Å². The lowest BCUT2D eigenvalue weighted by Gasteiger charge is -2.09. The van der Waals surface area contributed by atoms with Gasteiger partial charge in [0.15, 0.2) is 0 Å². The fourth-order valence-corrected chi connectivity index (χ4v) is 2.43. The average Bonchev–Trinajstić information content (AvgIpc) is 2.95. The molecule has 0 saturated carbocycles. The highest BCUT2D eigenvalue weighted by Gasteiger charge is 2.29. The zero-order valence-electron chi connectivity index (χ0n) is 12.1. The van der Waals surface area contributed by atoms with Gasteiger partial charge in [-0.1, -0.05) is 29.4 Å². The minimum Gasteiger partial charge on any atom is -0.485 e. The molecule has 22 heavy (non-hydrogen) atoms. The van der Waals surface area contributed by atoms with Crippen molar-refractivity contribution >= 4 is 28.4 Å². The van der Waals surface area contributed by atoms with Crippen molar-refractivity contribution in [2.45, 2.75) is 6.92 Å². The van der Waals surface area contributed by atoms with Crippen molar-refractivity contribution in [1.82, 2.24) is 0 Å². The Kier molecular flexibility index (Phi) is 3.50. The van der Waals surface area contributed by atoms with Crippen LogP contribution >= 0.6 is 0 Å². The van der Waals surface area contributed by atoms with Crippen LogP contribution in [-0.2, 0) is 14.4 Å². The zero-order valence-corrected chi connectivity index (χ0v) is 12.1. The largest absolute Gasteiger partial charge is 0.485 e. The third kappa shape index (κ3) is 2.28. The number of fused-ring (bicyclic) bond motifs is 3. The second kappa shape index (κ2) is 5.48. The van der Waals surface area contributed by atoms with Crippen molar-refractivity contribution in [2.75, 3.05) is 13.7 Å². The second-order valence-corrected chi connectivity index (χ2v) is 4.75. The van der Waals surface area contributed by atoms with Crippen molar-refractivity contribution in [3.8, 4) is 5.75 Å². The molecule has 1 aliphatic heterocycles. The number of nitrogens with zero attached hydrogens (tertiary/aromatic N) is 1. The number of rotatable bonds is 2. The molecule has 0 aromatic heterocycles. The number of esters is 1. The summed E-state index contributed by atoms with van der Waals surface area (Å²) < 4.78 is 10.4. The molecule has 0 atom stereocenters. The second-order valence-electron chi connectivity index (χ2n) is 4.75. The molecule has 2 aromatic carbocycles. The first-order valence-electron chi connectivity index (χ1n) is 6.63. The van der Waals surface area contributed by atoms with Crippen LogP contribution in [-0.4, -0.2) is 31.4 Å². The minimum atomic E-state index is -0.519. The Balaban J connectivity index is 2.26. The van der Waals surface area contributed by atoms with Crippen LogP contribution in [0.1, 0.15) is 22.8 Å². The number of methoxy groups -OCH3 is 1. The van der Waals surface area contributed by atoms with Gasteiger partial charge in [0.25, 0.3) is 0 Å². The number of hydrogen-bond acceptors (Lipinski definition) is 6. The molecule has 0 aliphatic carbocycles. The third-order valence-electron chi connectivity index (χ3n) is 3.33. The normalized spacial score (nSPS) is 14.5. The van der Waals surface area contributed by atoms with Crippen molar-refractivity contribution in [1.29, 1.82) is 0 Å². The van der Waals surface area contributed by atoms with Crippen LogP contribution < -0.4 is 4.74 Å². The highest BCUT2D eigenvalue weighted by Crippen LogP contribution is 2.37. The molecule has 6 heteroatoms. The summed E-state index contributed by atoms with van der Waals surface area (Å²) in [4.78, 5) is 27.6. The Morgan fingerprint density at radius 3 is 2.77 bits per heavy atom. The van der Waals surface area contributed by atoms with Gasteiger partial charge >= 0.3 is 11.9 Å². The van der Waals surface area contributed by atoms with E-state index in [4.69, 9.17) is 14.3 Å². The molecule has 1 aliphatic rings. The summed E-state index contributed by atoms with van der Waals surface area (Å²) in [5.41, 5.74) is 1.44. The van der Waals surface area contributed by atoms with Gasteiger partial charge in [-0.15, -0.1) is 0 Å². The summed E-state index contributed by atoms with van der Waals surface area (Å²) in [5.74, 6) is -0.610. The smallest absolute Gasteiger partial charge is 0.341 e. The topological polar surface area (TPSA) is 74.2 Å². The summed E-state index contributed by atoms with van der Waals surface area (Å²) in [6.07, 6.45) is 0. The summed E-state index contributed by atoms with van der Waals surface area (Å²) in [5, 5.41) is 5.55. The fourth-order valence-electron chi connectivity index (χ4n) is 2.43. The van der Waals surface area contributed by atoms with Gasteiger partial charge in [0.05, 0.1) is 12.7 Å². The molecule has 3 rings (SSSR count). The predicted octanol–water partition coefficient (Wildman–Crippen LogP) is 2.29. The summed E-state index contributed by atoms with van der Waals surface area (Å²) in [7, 11) is 1.31. The number of hydrogen-bond donors (Lipinski definition) is 0. The number of ether oxygens (including phenoxy) is 2. The molecule has 1 heterocycles. The van der Waals surface area contributed by atoms with E-state index in [9.17, 15) is 9.59 Å². The van der Waals surface area contributed by atoms with Crippen LogP contribution in [0.5, 0.6) is 5.75 Å². The van der Waals surface area contributed by atoms with Crippen molar-refractivity contribution in [3.63, 3.8) is 0 Å². The van der Waals surface area contributed by atoms with Gasteiger partial charge in [-0.3, -0.25) is 0 Å². The van der Waals surface area contributed by atoms with Crippen LogP contribution in [0, 0.1) is 0 Å². The standard InChI is InChI=1S/C16H13NO5/c1-9(18)22-17-13-8-21-15-12(16(19)20-2)7-10-5-3-4-6-11(10)14(13)15/h3-7H,8H2,1-2H3/b17-13+. The molecule has 0 amide bonds. The Hall–Kier alpha value is -2.89. The first-order chi connectivity index (χ1) is 10.6. The zero-order chi connectivity index (χ0) is 15.7. The Bertz CT molecular complexity index is 810. The van der Waals surface area contributed by atoms with Gasteiger partial charge < -0.3 is 14.3 Å². The predicted molar refractivity (Wildman–Crippen MR) is 79.1 cm³/mol.